The van der Waals surface area contributed by atoms with Gasteiger partial charge in [-0.3, -0.25) is 9.59 Å². The zero-order valence-electron chi connectivity index (χ0n) is 19.6. The molecule has 0 aromatic rings. The Morgan fingerprint density at radius 2 is 0.774 bits per heavy atom. The van der Waals surface area contributed by atoms with Crippen molar-refractivity contribution in [3.63, 3.8) is 0 Å². The number of carbonyl (C=O) groups is 2. The Kier molecular flexibility index (Phi) is 8.65. The van der Waals surface area contributed by atoms with Crippen LogP contribution in [0.3, 0.4) is 0 Å². The van der Waals surface area contributed by atoms with Crippen LogP contribution >= 0.6 is 0 Å². The second-order valence-electron chi connectivity index (χ2n) is 11.4. The van der Waals surface area contributed by atoms with Crippen molar-refractivity contribution >= 4 is 11.9 Å². The quantitative estimate of drug-likeness (QED) is 0.420. The molecule has 2 heterocycles. The molecule has 2 rings (SSSR count). The number of nitrogens with zero attached hydrogens (tertiary/aromatic N) is 2. The summed E-state index contributed by atoms with van der Waals surface area (Å²) in [6, 6.07) is 0. The van der Waals surface area contributed by atoms with Crippen LogP contribution in [0.2, 0.25) is 0 Å². The summed E-state index contributed by atoms with van der Waals surface area (Å²) in [5, 5.41) is 40.3. The molecule has 0 atom stereocenters. The number of hydrogen-bond donors (Lipinski definition) is 4. The van der Waals surface area contributed by atoms with Gasteiger partial charge in [-0.15, -0.1) is 0 Å². The van der Waals surface area contributed by atoms with Gasteiger partial charge < -0.3 is 32.1 Å². The van der Waals surface area contributed by atoms with Gasteiger partial charge in [-0.1, -0.05) is 0 Å². The van der Waals surface area contributed by atoms with Crippen molar-refractivity contribution in [1.82, 2.24) is 10.1 Å². The Hall–Kier alpha value is -0.781. The Bertz CT molecular complexity index is 601. The summed E-state index contributed by atoms with van der Waals surface area (Å²) >= 11 is 0. The normalized spacial score (nSPS) is 27.7. The molecule has 0 aliphatic carbocycles. The monoisotopic (exact) mass is 493 g/mol. The summed E-state index contributed by atoms with van der Waals surface area (Å²) in [5.74, 6) is -2.23. The Labute approximate surface area is 195 Å². The zero-order valence-corrected chi connectivity index (χ0v) is 20.6. The molecule has 0 aromatic carbocycles. The molecule has 2 aliphatic rings. The van der Waals surface area contributed by atoms with Crippen molar-refractivity contribution in [2.75, 3.05) is 0 Å². The molecule has 0 spiro atoms. The minimum Gasteiger partial charge on any atom is -0.662 e. The summed E-state index contributed by atoms with van der Waals surface area (Å²) in [7, 11) is 0. The van der Waals surface area contributed by atoms with Crippen LogP contribution in [0.15, 0.2) is 0 Å². The minimum absolute atomic E-state index is 0. The molecule has 0 saturated carbocycles. The number of carboxylic acids is 2. The van der Waals surface area contributed by atoms with E-state index in [1.54, 1.807) is 55.4 Å². The van der Waals surface area contributed by atoms with E-state index < -0.39 is 45.2 Å². The van der Waals surface area contributed by atoms with Crippen molar-refractivity contribution in [2.45, 2.75) is 114 Å². The van der Waals surface area contributed by atoms with Crippen LogP contribution in [-0.4, -0.2) is 75.9 Å². The topological polar surface area (TPSA) is 169 Å². The van der Waals surface area contributed by atoms with Gasteiger partial charge in [0.25, 0.3) is 11.9 Å². The number of piperidine rings is 2. The van der Waals surface area contributed by atoms with Crippen molar-refractivity contribution in [3.05, 3.63) is 11.5 Å². The van der Waals surface area contributed by atoms with Crippen LogP contribution in [0.5, 0.6) is 0 Å². The van der Waals surface area contributed by atoms with Crippen LogP contribution < -0.4 is 0 Å². The first-order chi connectivity index (χ1) is 13.0. The standard InChI is InChI=1S/2C10H19N2O3.Cu/c2*1-8(2)5-10(11,7(13)14)6-9(3,4)12(8)15;/h2*11,15H,5-6H2,1-4H3,(H,13,14);/q2*-1;+2. The van der Waals surface area contributed by atoms with Crippen LogP contribution in [0.4, 0.5) is 0 Å². The van der Waals surface area contributed by atoms with E-state index in [4.69, 9.17) is 21.7 Å². The fraction of sp³-hybridized carbons (Fsp3) is 0.900. The third kappa shape index (κ3) is 6.17. The Balaban J connectivity index is 0.000000562. The largest absolute Gasteiger partial charge is 2.00 e. The van der Waals surface area contributed by atoms with E-state index in [0.717, 1.165) is 0 Å². The van der Waals surface area contributed by atoms with Crippen LogP contribution in [0.1, 0.15) is 81.1 Å². The first kappa shape index (κ1) is 30.2. The van der Waals surface area contributed by atoms with Gasteiger partial charge in [0, 0.05) is 22.2 Å². The molecule has 2 saturated heterocycles. The van der Waals surface area contributed by atoms with Crippen molar-refractivity contribution in [3.8, 4) is 0 Å². The predicted molar refractivity (Wildman–Crippen MR) is 111 cm³/mol. The Morgan fingerprint density at radius 3 is 0.903 bits per heavy atom. The number of rotatable bonds is 2. The number of aliphatic carboxylic acids is 2. The van der Waals surface area contributed by atoms with Gasteiger partial charge in [-0.25, -0.2) is 0 Å². The third-order valence-electron chi connectivity index (χ3n) is 6.05. The smallest absolute Gasteiger partial charge is 0.662 e. The third-order valence-corrected chi connectivity index (χ3v) is 6.05. The summed E-state index contributed by atoms with van der Waals surface area (Å²) in [5.41, 5.74) is 10.1. The van der Waals surface area contributed by atoms with Crippen molar-refractivity contribution in [2.24, 2.45) is 0 Å². The molecular formula is C20H38CuN4O6. The maximum Gasteiger partial charge on any atom is 2.00 e. The fourth-order valence-corrected chi connectivity index (χ4v) is 5.32. The number of hydrogen-bond acceptors (Lipinski definition) is 6. The minimum atomic E-state index is -1.51. The molecule has 2 aliphatic heterocycles. The number of hydroxylamine groups is 4. The Morgan fingerprint density at radius 1 is 0.613 bits per heavy atom. The summed E-state index contributed by atoms with van der Waals surface area (Å²) in [6.07, 6.45) is 0.481. The average molecular weight is 494 g/mol. The van der Waals surface area contributed by atoms with Gasteiger partial charge in [0.2, 0.25) is 0 Å². The van der Waals surface area contributed by atoms with Gasteiger partial charge in [0.15, 0.2) is 0 Å². The molecule has 0 amide bonds. The molecular weight excluding hydrogens is 456 g/mol. The maximum absolute atomic E-state index is 11.1. The molecule has 10 nitrogen and oxygen atoms in total. The van der Waals surface area contributed by atoms with E-state index in [9.17, 15) is 20.0 Å². The van der Waals surface area contributed by atoms with Crippen LogP contribution in [0, 0.1) is 0 Å². The first-order valence-electron chi connectivity index (χ1n) is 9.98. The summed E-state index contributed by atoms with van der Waals surface area (Å²) in [6.45, 7) is 14.0. The number of carboxylic acid groups (broad SMARTS) is 2. The van der Waals surface area contributed by atoms with Gasteiger partial charge in [-0.2, -0.15) is 10.1 Å². The zero-order chi connectivity index (χ0) is 24.1. The molecule has 1 radical (unpaired) electrons. The molecule has 185 valence electrons. The van der Waals surface area contributed by atoms with Crippen LogP contribution in [0.25, 0.3) is 11.5 Å². The maximum atomic E-state index is 11.1. The van der Waals surface area contributed by atoms with Gasteiger partial charge in [-0.05, 0) is 92.2 Å². The average Bonchev–Trinajstić information content (AvgIpc) is 2.49. The van der Waals surface area contributed by atoms with Gasteiger partial charge in [0.05, 0.1) is 0 Å². The van der Waals surface area contributed by atoms with E-state index in [1.807, 2.05) is 0 Å². The molecule has 0 aromatic heterocycles. The second kappa shape index (κ2) is 8.87. The summed E-state index contributed by atoms with van der Waals surface area (Å²) in [4.78, 5) is 22.1. The molecule has 11 heteroatoms. The molecule has 2 fully saturated rings. The van der Waals surface area contributed by atoms with E-state index >= 15 is 0 Å². The second-order valence-corrected chi connectivity index (χ2v) is 11.4. The fourth-order valence-electron chi connectivity index (χ4n) is 5.32. The van der Waals surface area contributed by atoms with Crippen molar-refractivity contribution in [1.29, 1.82) is 0 Å². The molecule has 6 N–H and O–H groups in total. The van der Waals surface area contributed by atoms with Gasteiger partial charge in [0.1, 0.15) is 0 Å². The first-order valence-corrected chi connectivity index (χ1v) is 9.98. The molecule has 0 bridgehead atoms. The molecule has 0 unspecified atom stereocenters. The SMILES string of the molecule is CC1(C)CC([NH-])(C(=O)O)CC(C)(C)N1O.CC1(C)CC([NH-])(C(=O)O)CC(C)(C)N1O.[Cu+2]. The summed E-state index contributed by atoms with van der Waals surface area (Å²) < 4.78 is 0. The van der Waals surface area contributed by atoms with Crippen LogP contribution in [-0.2, 0) is 26.7 Å². The number of nitrogens with one attached hydrogen (secondary N) is 2. The van der Waals surface area contributed by atoms with Crippen molar-refractivity contribution < 1.29 is 47.3 Å². The molecule has 31 heavy (non-hydrogen) atoms. The predicted octanol–water partition coefficient (Wildman–Crippen LogP) is 3.81. The van der Waals surface area contributed by atoms with E-state index in [-0.39, 0.29) is 42.8 Å². The van der Waals surface area contributed by atoms with E-state index in [0.29, 0.717) is 0 Å². The van der Waals surface area contributed by atoms with E-state index in [1.165, 1.54) is 10.1 Å². The van der Waals surface area contributed by atoms with Gasteiger partial charge >= 0.3 is 17.1 Å². The van der Waals surface area contributed by atoms with E-state index in [2.05, 4.69) is 0 Å².